The van der Waals surface area contributed by atoms with Crippen molar-refractivity contribution in [1.29, 1.82) is 0 Å². The van der Waals surface area contributed by atoms with E-state index in [4.69, 9.17) is 0 Å². The predicted molar refractivity (Wildman–Crippen MR) is 127 cm³/mol. The first kappa shape index (κ1) is 21.2. The maximum Gasteiger partial charge on any atom is 0.332 e. The molecule has 0 unspecified atom stereocenters. The molecule has 33 heavy (non-hydrogen) atoms. The predicted octanol–water partition coefficient (Wildman–Crippen LogP) is 2.11. The molecule has 0 amide bonds. The van der Waals surface area contributed by atoms with Crippen LogP contribution in [0.25, 0.3) is 11.2 Å². The van der Waals surface area contributed by atoms with Crippen LogP contribution >= 0.6 is 0 Å². The number of benzene rings is 2. The highest BCUT2D eigenvalue weighted by atomic mass is 16.3. The molecule has 8 heteroatoms. The van der Waals surface area contributed by atoms with E-state index in [9.17, 15) is 14.7 Å². The van der Waals surface area contributed by atoms with Crippen LogP contribution in [0.3, 0.4) is 0 Å². The fraction of sp³-hybridized carbons (Fsp3) is 0.320. The van der Waals surface area contributed by atoms with E-state index in [1.807, 2.05) is 60.7 Å². The molecule has 8 nitrogen and oxygen atoms in total. The quantitative estimate of drug-likeness (QED) is 0.502. The monoisotopic (exact) mass is 445 g/mol. The van der Waals surface area contributed by atoms with Gasteiger partial charge in [-0.1, -0.05) is 60.7 Å². The fourth-order valence-electron chi connectivity index (χ4n) is 5.00. The van der Waals surface area contributed by atoms with Gasteiger partial charge in [-0.3, -0.25) is 13.9 Å². The summed E-state index contributed by atoms with van der Waals surface area (Å²) in [5, 5.41) is 12.1. The standard InChI is InChI=1S/C25H27N5O3/c1-28-21-20(22(31)29(2)24(28)32)26-23(27-21)30-15-13-19(14-16-30)25(33,17-9-5-3-6-10-17)18-11-7-4-8-12-18/h3-12,19,33H,13-16H2,1-2H3,(H,26,27). The number of aromatic amines is 1. The van der Waals surface area contributed by atoms with E-state index in [1.165, 1.54) is 11.6 Å². The highest BCUT2D eigenvalue weighted by Crippen LogP contribution is 2.42. The number of H-pyrrole nitrogens is 1. The van der Waals surface area contributed by atoms with Gasteiger partial charge in [-0.25, -0.2) is 4.79 Å². The van der Waals surface area contributed by atoms with E-state index in [0.29, 0.717) is 30.2 Å². The van der Waals surface area contributed by atoms with Crippen LogP contribution in [0, 0.1) is 5.92 Å². The second kappa shape index (κ2) is 8.04. The van der Waals surface area contributed by atoms with Gasteiger partial charge in [0, 0.05) is 27.2 Å². The van der Waals surface area contributed by atoms with Crippen molar-refractivity contribution in [3.63, 3.8) is 0 Å². The summed E-state index contributed by atoms with van der Waals surface area (Å²) in [6.07, 6.45) is 1.49. The Morgan fingerprint density at radius 2 is 1.45 bits per heavy atom. The molecule has 1 aliphatic rings. The minimum atomic E-state index is -1.09. The van der Waals surface area contributed by atoms with Crippen molar-refractivity contribution in [1.82, 2.24) is 19.1 Å². The number of aliphatic hydroxyl groups is 1. The zero-order valence-electron chi connectivity index (χ0n) is 18.7. The average Bonchev–Trinajstić information content (AvgIpc) is 3.33. The Kier molecular flexibility index (Phi) is 5.17. The Morgan fingerprint density at radius 3 is 2.00 bits per heavy atom. The van der Waals surface area contributed by atoms with Crippen molar-refractivity contribution >= 4 is 17.1 Å². The molecule has 3 heterocycles. The Labute approximate surface area is 190 Å². The molecule has 4 aromatic rings. The summed E-state index contributed by atoms with van der Waals surface area (Å²) in [7, 11) is 3.07. The summed E-state index contributed by atoms with van der Waals surface area (Å²) in [5.74, 6) is 0.588. The zero-order chi connectivity index (χ0) is 23.2. The van der Waals surface area contributed by atoms with Crippen LogP contribution in [0.4, 0.5) is 5.95 Å². The summed E-state index contributed by atoms with van der Waals surface area (Å²) in [6.45, 7) is 1.33. The Bertz CT molecular complexity index is 1360. The SMILES string of the molecule is Cn1c(=O)c2[nH]c(N3CCC(C(O)(c4ccccc4)c4ccccc4)CC3)nc2n(C)c1=O. The molecule has 0 saturated carbocycles. The van der Waals surface area contributed by atoms with Gasteiger partial charge in [0.15, 0.2) is 11.2 Å². The summed E-state index contributed by atoms with van der Waals surface area (Å²) in [6, 6.07) is 19.7. The van der Waals surface area contributed by atoms with Crippen molar-refractivity contribution in [3.8, 4) is 0 Å². The third-order valence-corrected chi connectivity index (χ3v) is 6.90. The third-order valence-electron chi connectivity index (χ3n) is 6.90. The number of imidazole rings is 1. The molecule has 0 bridgehead atoms. The molecule has 170 valence electrons. The van der Waals surface area contributed by atoms with E-state index in [2.05, 4.69) is 14.9 Å². The molecule has 0 atom stereocenters. The van der Waals surface area contributed by atoms with Gasteiger partial charge in [0.2, 0.25) is 5.95 Å². The highest BCUT2D eigenvalue weighted by Gasteiger charge is 2.41. The van der Waals surface area contributed by atoms with Crippen LogP contribution in [-0.2, 0) is 19.7 Å². The van der Waals surface area contributed by atoms with E-state index in [0.717, 1.165) is 28.5 Å². The molecule has 1 saturated heterocycles. The molecule has 0 radical (unpaired) electrons. The molecule has 1 fully saturated rings. The van der Waals surface area contributed by atoms with E-state index < -0.39 is 11.3 Å². The van der Waals surface area contributed by atoms with Gasteiger partial charge < -0.3 is 15.0 Å². The Morgan fingerprint density at radius 1 is 0.909 bits per heavy atom. The molecule has 0 aliphatic carbocycles. The summed E-state index contributed by atoms with van der Waals surface area (Å²) < 4.78 is 2.46. The summed E-state index contributed by atoms with van der Waals surface area (Å²) >= 11 is 0. The van der Waals surface area contributed by atoms with Crippen molar-refractivity contribution in [2.45, 2.75) is 18.4 Å². The van der Waals surface area contributed by atoms with Gasteiger partial charge in [-0.2, -0.15) is 4.98 Å². The number of nitrogens with one attached hydrogen (secondary N) is 1. The number of fused-ring (bicyclic) bond motifs is 1. The van der Waals surface area contributed by atoms with Crippen molar-refractivity contribution in [2.24, 2.45) is 20.0 Å². The third kappa shape index (κ3) is 3.38. The molecule has 2 aromatic heterocycles. The highest BCUT2D eigenvalue weighted by molar-refractivity contribution is 5.73. The minimum Gasteiger partial charge on any atom is -0.380 e. The molecule has 1 aliphatic heterocycles. The number of nitrogens with zero attached hydrogens (tertiary/aromatic N) is 4. The van der Waals surface area contributed by atoms with Crippen LogP contribution in [0.15, 0.2) is 70.3 Å². The average molecular weight is 446 g/mol. The largest absolute Gasteiger partial charge is 0.380 e. The van der Waals surface area contributed by atoms with Crippen LogP contribution in [0.1, 0.15) is 24.0 Å². The van der Waals surface area contributed by atoms with Crippen LogP contribution in [0.2, 0.25) is 0 Å². The molecular formula is C25H27N5O3. The normalized spacial score (nSPS) is 15.3. The van der Waals surface area contributed by atoms with Crippen LogP contribution in [0.5, 0.6) is 0 Å². The molecule has 0 spiro atoms. The second-order valence-corrected chi connectivity index (χ2v) is 8.72. The lowest BCUT2D eigenvalue weighted by molar-refractivity contribution is 0.00495. The molecular weight excluding hydrogens is 418 g/mol. The maximum atomic E-state index is 12.5. The first-order valence-electron chi connectivity index (χ1n) is 11.2. The van der Waals surface area contributed by atoms with Gasteiger partial charge in [-0.05, 0) is 29.9 Å². The molecule has 2 N–H and O–H groups in total. The van der Waals surface area contributed by atoms with Crippen LogP contribution < -0.4 is 16.1 Å². The Hall–Kier alpha value is -3.65. The number of aryl methyl sites for hydroxylation is 1. The van der Waals surface area contributed by atoms with Crippen molar-refractivity contribution in [2.75, 3.05) is 18.0 Å². The minimum absolute atomic E-state index is 0.0140. The fourth-order valence-corrected chi connectivity index (χ4v) is 5.00. The number of rotatable bonds is 4. The number of anilines is 1. The van der Waals surface area contributed by atoms with Crippen molar-refractivity contribution < 1.29 is 5.11 Å². The number of hydrogen-bond donors (Lipinski definition) is 2. The van der Waals surface area contributed by atoms with Gasteiger partial charge in [0.1, 0.15) is 5.60 Å². The number of hydrogen-bond acceptors (Lipinski definition) is 5. The summed E-state index contributed by atoms with van der Waals surface area (Å²) in [5.41, 5.74) is 0.563. The van der Waals surface area contributed by atoms with Gasteiger partial charge in [-0.15, -0.1) is 0 Å². The first-order valence-corrected chi connectivity index (χ1v) is 11.2. The zero-order valence-corrected chi connectivity index (χ0v) is 18.7. The van der Waals surface area contributed by atoms with Crippen LogP contribution in [-0.4, -0.2) is 37.3 Å². The molecule has 2 aromatic carbocycles. The van der Waals surface area contributed by atoms with Crippen molar-refractivity contribution in [3.05, 3.63) is 92.6 Å². The molecule has 5 rings (SSSR count). The van der Waals surface area contributed by atoms with Gasteiger partial charge >= 0.3 is 5.69 Å². The number of aromatic nitrogens is 4. The van der Waals surface area contributed by atoms with E-state index in [1.54, 1.807) is 7.05 Å². The van der Waals surface area contributed by atoms with E-state index >= 15 is 0 Å². The number of piperidine rings is 1. The van der Waals surface area contributed by atoms with E-state index in [-0.39, 0.29) is 11.5 Å². The maximum absolute atomic E-state index is 12.5. The lowest BCUT2D eigenvalue weighted by Gasteiger charge is -2.42. The van der Waals surface area contributed by atoms with Gasteiger partial charge in [0.05, 0.1) is 0 Å². The van der Waals surface area contributed by atoms with Gasteiger partial charge in [0.25, 0.3) is 5.56 Å². The second-order valence-electron chi connectivity index (χ2n) is 8.72. The lowest BCUT2D eigenvalue weighted by atomic mass is 9.72. The topological polar surface area (TPSA) is 96.2 Å². The lowest BCUT2D eigenvalue weighted by Crippen LogP contribution is -2.44. The first-order chi connectivity index (χ1) is 15.9. The smallest absolute Gasteiger partial charge is 0.332 e. The summed E-state index contributed by atoms with van der Waals surface area (Å²) in [4.78, 5) is 34.5. The Balaban J connectivity index is 1.46.